The van der Waals surface area contributed by atoms with Gasteiger partial charge in [-0.3, -0.25) is 19.8 Å². The second kappa shape index (κ2) is 5.43. The van der Waals surface area contributed by atoms with Crippen molar-refractivity contribution in [2.24, 2.45) is 0 Å². The topological polar surface area (TPSA) is 121 Å². The lowest BCUT2D eigenvalue weighted by atomic mass is 10.1. The number of fused-ring (bicyclic) bond motifs is 1. The fourth-order valence-corrected chi connectivity index (χ4v) is 2.20. The first-order valence-corrected chi connectivity index (χ1v) is 6.77. The van der Waals surface area contributed by atoms with Crippen LogP contribution in [-0.2, 0) is 6.42 Å². The molecule has 0 saturated carbocycles. The first kappa shape index (κ1) is 14.0. The fourth-order valence-electron chi connectivity index (χ4n) is 2.20. The molecule has 114 valence electrons. The Kier molecular flexibility index (Phi) is 3.45. The van der Waals surface area contributed by atoms with Crippen LogP contribution in [0.1, 0.15) is 28.7 Å². The lowest BCUT2D eigenvalue weighted by Gasteiger charge is -2.12. The van der Waals surface area contributed by atoms with Crippen molar-refractivity contribution in [3.05, 3.63) is 45.9 Å². The maximum absolute atomic E-state index is 12.2. The van der Waals surface area contributed by atoms with Crippen LogP contribution >= 0.6 is 0 Å². The Morgan fingerprint density at radius 3 is 3.00 bits per heavy atom. The standard InChI is InChI=1S/C13H15N7O2/c1-7(3-9-4-8(2)18-19-9)17-11(21)10-5-14-13-15-6-16-20(13)12(10)22/h4-7H,3H2,1-2H3,(H,17,21)(H,18,19)(H,14,15,16). The van der Waals surface area contributed by atoms with Crippen LogP contribution in [0.15, 0.2) is 23.4 Å². The second-order valence-corrected chi connectivity index (χ2v) is 5.12. The molecule has 3 N–H and O–H groups in total. The van der Waals surface area contributed by atoms with E-state index >= 15 is 0 Å². The molecular weight excluding hydrogens is 286 g/mol. The summed E-state index contributed by atoms with van der Waals surface area (Å²) in [5.41, 5.74) is 1.29. The van der Waals surface area contributed by atoms with Crippen LogP contribution < -0.4 is 10.9 Å². The van der Waals surface area contributed by atoms with E-state index in [1.807, 2.05) is 19.9 Å². The molecule has 3 heterocycles. The summed E-state index contributed by atoms with van der Waals surface area (Å²) in [6.07, 6.45) is 3.14. The molecular formula is C13H15N7O2. The molecule has 0 radical (unpaired) electrons. The minimum Gasteiger partial charge on any atom is -0.349 e. The third kappa shape index (κ3) is 2.60. The molecule has 0 fully saturated rings. The number of hydrogen-bond acceptors (Lipinski definition) is 5. The maximum atomic E-state index is 12.2. The highest BCUT2D eigenvalue weighted by Gasteiger charge is 2.17. The third-order valence-electron chi connectivity index (χ3n) is 3.21. The molecule has 0 saturated heterocycles. The van der Waals surface area contributed by atoms with E-state index in [-0.39, 0.29) is 17.4 Å². The first-order valence-electron chi connectivity index (χ1n) is 6.77. The number of carbonyl (C=O) groups is 1. The largest absolute Gasteiger partial charge is 0.349 e. The molecule has 1 atom stereocenters. The molecule has 3 aromatic rings. The van der Waals surface area contributed by atoms with Crippen molar-refractivity contribution < 1.29 is 4.79 Å². The number of H-pyrrole nitrogens is 2. The number of rotatable bonds is 4. The van der Waals surface area contributed by atoms with Gasteiger partial charge in [-0.1, -0.05) is 0 Å². The zero-order valence-corrected chi connectivity index (χ0v) is 12.1. The summed E-state index contributed by atoms with van der Waals surface area (Å²) >= 11 is 0. The molecule has 0 bridgehead atoms. The third-order valence-corrected chi connectivity index (χ3v) is 3.21. The van der Waals surface area contributed by atoms with Gasteiger partial charge in [-0.2, -0.15) is 9.61 Å². The van der Waals surface area contributed by atoms with Crippen molar-refractivity contribution >= 4 is 11.7 Å². The molecule has 22 heavy (non-hydrogen) atoms. The van der Waals surface area contributed by atoms with E-state index in [1.54, 1.807) is 0 Å². The number of aromatic nitrogens is 6. The Hall–Kier alpha value is -2.97. The summed E-state index contributed by atoms with van der Waals surface area (Å²) in [6, 6.07) is 1.74. The van der Waals surface area contributed by atoms with Crippen molar-refractivity contribution in [1.82, 2.24) is 35.1 Å². The van der Waals surface area contributed by atoms with Crippen LogP contribution in [0, 0.1) is 6.92 Å². The minimum atomic E-state index is -0.484. The van der Waals surface area contributed by atoms with Gasteiger partial charge in [0.1, 0.15) is 11.9 Å². The Labute approximate surface area is 124 Å². The van der Waals surface area contributed by atoms with E-state index in [1.165, 1.54) is 12.5 Å². The summed E-state index contributed by atoms with van der Waals surface area (Å²) in [5.74, 6) is -0.247. The predicted octanol–water partition coefficient (Wildman–Crippen LogP) is -0.190. The van der Waals surface area contributed by atoms with Crippen molar-refractivity contribution in [3.63, 3.8) is 0 Å². The van der Waals surface area contributed by atoms with E-state index in [4.69, 9.17) is 0 Å². The quantitative estimate of drug-likeness (QED) is 0.617. The molecule has 0 aliphatic rings. The van der Waals surface area contributed by atoms with E-state index in [2.05, 4.69) is 30.6 Å². The molecule has 0 spiro atoms. The minimum absolute atomic E-state index is 0.0354. The van der Waals surface area contributed by atoms with Gasteiger partial charge in [0.05, 0.1) is 5.69 Å². The van der Waals surface area contributed by atoms with Crippen LogP contribution in [-0.4, -0.2) is 41.7 Å². The lowest BCUT2D eigenvalue weighted by molar-refractivity contribution is 0.0937. The van der Waals surface area contributed by atoms with Crippen molar-refractivity contribution in [3.8, 4) is 0 Å². The molecule has 0 aliphatic carbocycles. The number of aromatic amines is 2. The highest BCUT2D eigenvalue weighted by atomic mass is 16.2. The second-order valence-electron chi connectivity index (χ2n) is 5.12. The summed E-state index contributed by atoms with van der Waals surface area (Å²) in [7, 11) is 0. The predicted molar refractivity (Wildman–Crippen MR) is 77.6 cm³/mol. The van der Waals surface area contributed by atoms with E-state index in [0.29, 0.717) is 6.42 Å². The average Bonchev–Trinajstić information content (AvgIpc) is 3.08. The Balaban J connectivity index is 1.75. The van der Waals surface area contributed by atoms with Gasteiger partial charge in [-0.25, -0.2) is 9.97 Å². The summed E-state index contributed by atoms with van der Waals surface area (Å²) < 4.78 is 1.12. The van der Waals surface area contributed by atoms with Gasteiger partial charge < -0.3 is 5.32 Å². The Morgan fingerprint density at radius 2 is 2.27 bits per heavy atom. The van der Waals surface area contributed by atoms with Gasteiger partial charge in [0.2, 0.25) is 0 Å². The number of aryl methyl sites for hydroxylation is 1. The van der Waals surface area contributed by atoms with Crippen molar-refractivity contribution in [2.45, 2.75) is 26.3 Å². The smallest absolute Gasteiger partial charge is 0.286 e. The van der Waals surface area contributed by atoms with Crippen molar-refractivity contribution in [2.75, 3.05) is 0 Å². The Morgan fingerprint density at radius 1 is 1.45 bits per heavy atom. The summed E-state index contributed by atoms with van der Waals surface area (Å²) in [6.45, 7) is 3.76. The molecule has 3 rings (SSSR count). The zero-order chi connectivity index (χ0) is 15.7. The van der Waals surface area contributed by atoms with E-state index in [0.717, 1.165) is 15.9 Å². The van der Waals surface area contributed by atoms with Gasteiger partial charge >= 0.3 is 0 Å². The highest BCUT2D eigenvalue weighted by molar-refractivity contribution is 5.93. The number of nitrogens with one attached hydrogen (secondary N) is 3. The van der Waals surface area contributed by atoms with Crippen LogP contribution in [0.2, 0.25) is 0 Å². The van der Waals surface area contributed by atoms with Crippen LogP contribution in [0.3, 0.4) is 0 Å². The number of hydrogen-bond donors (Lipinski definition) is 3. The van der Waals surface area contributed by atoms with Crippen LogP contribution in [0.4, 0.5) is 0 Å². The fraction of sp³-hybridized carbons (Fsp3) is 0.308. The number of carbonyl (C=O) groups excluding carboxylic acids is 1. The molecule has 1 amide bonds. The maximum Gasteiger partial charge on any atom is 0.286 e. The number of amides is 1. The molecule has 9 nitrogen and oxygen atoms in total. The lowest BCUT2D eigenvalue weighted by Crippen LogP contribution is -2.38. The molecule has 9 heteroatoms. The van der Waals surface area contributed by atoms with Gasteiger partial charge in [-0.15, -0.1) is 0 Å². The average molecular weight is 301 g/mol. The summed E-state index contributed by atoms with van der Waals surface area (Å²) in [4.78, 5) is 32.2. The van der Waals surface area contributed by atoms with E-state index < -0.39 is 11.5 Å². The molecule has 0 aliphatic heterocycles. The van der Waals surface area contributed by atoms with Crippen LogP contribution in [0.5, 0.6) is 0 Å². The first-order chi connectivity index (χ1) is 10.5. The van der Waals surface area contributed by atoms with Crippen LogP contribution in [0.25, 0.3) is 5.78 Å². The SMILES string of the molecule is Cc1cc(CC(C)NC(=O)c2cnc3nc[nH]n3c2=O)n[nH]1. The van der Waals surface area contributed by atoms with Gasteiger partial charge in [-0.05, 0) is 19.9 Å². The molecule has 3 aromatic heterocycles. The Bertz CT molecular complexity index is 876. The number of nitrogens with zero attached hydrogens (tertiary/aromatic N) is 4. The van der Waals surface area contributed by atoms with Gasteiger partial charge in [0.25, 0.3) is 17.2 Å². The zero-order valence-electron chi connectivity index (χ0n) is 12.1. The monoisotopic (exact) mass is 301 g/mol. The van der Waals surface area contributed by atoms with Crippen molar-refractivity contribution in [1.29, 1.82) is 0 Å². The highest BCUT2D eigenvalue weighted by Crippen LogP contribution is 2.02. The van der Waals surface area contributed by atoms with E-state index in [9.17, 15) is 9.59 Å². The molecule has 0 aromatic carbocycles. The normalized spacial score (nSPS) is 12.5. The van der Waals surface area contributed by atoms with Gasteiger partial charge in [0, 0.05) is 24.4 Å². The van der Waals surface area contributed by atoms with Gasteiger partial charge in [0.15, 0.2) is 0 Å². The summed E-state index contributed by atoms with van der Waals surface area (Å²) in [5, 5.41) is 12.4. The molecule has 1 unspecified atom stereocenters.